The molecule has 0 unspecified atom stereocenters. The summed E-state index contributed by atoms with van der Waals surface area (Å²) in [5.41, 5.74) is 4.91. The minimum absolute atomic E-state index is 0.00629. The van der Waals surface area contributed by atoms with E-state index in [9.17, 15) is 39.6 Å². The van der Waals surface area contributed by atoms with E-state index >= 15 is 0 Å². The third-order valence-electron chi connectivity index (χ3n) is 4.28. The van der Waals surface area contributed by atoms with E-state index in [2.05, 4.69) is 9.97 Å². The molecule has 0 aliphatic rings. The van der Waals surface area contributed by atoms with Crippen molar-refractivity contribution in [2.75, 3.05) is 5.73 Å². The molecule has 3 rings (SSSR count). The van der Waals surface area contributed by atoms with Gasteiger partial charge in [0.15, 0.2) is 0 Å². The van der Waals surface area contributed by atoms with Crippen LogP contribution in [0.1, 0.15) is 41.4 Å². The summed E-state index contributed by atoms with van der Waals surface area (Å²) in [6.07, 6.45) is 1.06. The van der Waals surface area contributed by atoms with Crippen molar-refractivity contribution in [3.8, 4) is 22.5 Å². The van der Waals surface area contributed by atoms with Crippen molar-refractivity contribution >= 4 is 29.6 Å². The maximum absolute atomic E-state index is 11.4. The molecule has 0 amide bonds. The second-order valence-electron chi connectivity index (χ2n) is 6.30. The average Bonchev–Trinajstić information content (AvgIpc) is 2.73. The van der Waals surface area contributed by atoms with Gasteiger partial charge < -0.3 is 26.2 Å². The van der Waals surface area contributed by atoms with Crippen molar-refractivity contribution in [2.24, 2.45) is 0 Å². The van der Waals surface area contributed by atoms with Gasteiger partial charge in [-0.15, -0.1) is 0 Å². The van der Waals surface area contributed by atoms with E-state index in [1.165, 1.54) is 24.3 Å². The number of nitrogens with zero attached hydrogens (tertiary/aromatic N) is 2. The van der Waals surface area contributed by atoms with Gasteiger partial charge in [-0.1, -0.05) is 0 Å². The van der Waals surface area contributed by atoms with Crippen LogP contribution in [0.25, 0.3) is 22.5 Å². The molecule has 0 spiro atoms. The van der Waals surface area contributed by atoms with Crippen molar-refractivity contribution in [1.82, 2.24) is 9.97 Å². The van der Waals surface area contributed by atoms with Crippen LogP contribution in [-0.2, 0) is 0 Å². The smallest absolute Gasteiger partial charge is 0.335 e. The van der Waals surface area contributed by atoms with Crippen molar-refractivity contribution in [3.63, 3.8) is 0 Å². The van der Waals surface area contributed by atoms with Gasteiger partial charge in [0.05, 0.1) is 39.3 Å². The molecule has 11 nitrogen and oxygen atoms in total. The maximum Gasteiger partial charge on any atom is 0.335 e. The van der Waals surface area contributed by atoms with Crippen LogP contribution < -0.4 is 5.73 Å². The highest BCUT2D eigenvalue weighted by Crippen LogP contribution is 2.33. The highest BCUT2D eigenvalue weighted by molar-refractivity contribution is 5.99. The van der Waals surface area contributed by atoms with E-state index in [4.69, 9.17) is 5.73 Å². The maximum atomic E-state index is 11.4. The van der Waals surface area contributed by atoms with E-state index in [0.717, 1.165) is 18.5 Å². The fraction of sp³-hybridized carbons (Fsp3) is 0. The van der Waals surface area contributed by atoms with Crippen molar-refractivity contribution in [1.29, 1.82) is 0 Å². The molecule has 11 heteroatoms. The molecule has 0 saturated carbocycles. The van der Waals surface area contributed by atoms with E-state index in [1.54, 1.807) is 0 Å². The first kappa shape index (κ1) is 20.9. The lowest BCUT2D eigenvalue weighted by Gasteiger charge is -2.12. The fourth-order valence-corrected chi connectivity index (χ4v) is 2.88. The fourth-order valence-electron chi connectivity index (χ4n) is 2.88. The van der Waals surface area contributed by atoms with E-state index < -0.39 is 23.9 Å². The molecule has 1 heterocycles. The second-order valence-corrected chi connectivity index (χ2v) is 6.30. The molecule has 2 aromatic carbocycles. The summed E-state index contributed by atoms with van der Waals surface area (Å²) in [4.78, 5) is 53.5. The standard InChI is InChI=1S/C20H13N3O8/c21-14-15(8-1-10(17(24)25)5-11(2-8)18(26)27)22-7-23-16(14)9-3-12(19(28)29)6-13(4-9)20(30)31/h1-7H,21H2,(H,24,25)(H,26,27)(H,28,29)(H,30,31). The zero-order valence-electron chi connectivity index (χ0n) is 15.4. The Morgan fingerprint density at radius 3 is 1.13 bits per heavy atom. The predicted molar refractivity (Wildman–Crippen MR) is 105 cm³/mol. The molecule has 156 valence electrons. The molecule has 0 saturated heterocycles. The number of aromatic nitrogens is 2. The molecule has 1 aromatic heterocycles. The number of anilines is 1. The van der Waals surface area contributed by atoms with Gasteiger partial charge in [-0.05, 0) is 36.4 Å². The number of carboxylic acid groups (broad SMARTS) is 4. The third-order valence-corrected chi connectivity index (χ3v) is 4.28. The summed E-state index contributed by atoms with van der Waals surface area (Å²) in [6.45, 7) is 0. The van der Waals surface area contributed by atoms with Gasteiger partial charge in [-0.3, -0.25) is 0 Å². The molecular formula is C20H13N3O8. The van der Waals surface area contributed by atoms with Crippen LogP contribution >= 0.6 is 0 Å². The Bertz CT molecular complexity index is 1110. The Hall–Kier alpha value is -4.80. The Morgan fingerprint density at radius 1 is 0.581 bits per heavy atom. The first-order valence-electron chi connectivity index (χ1n) is 8.43. The molecule has 3 aromatic rings. The summed E-state index contributed by atoms with van der Waals surface area (Å²) in [6, 6.07) is 6.65. The number of nitrogens with two attached hydrogens (primary N) is 1. The summed E-state index contributed by atoms with van der Waals surface area (Å²) in [5.74, 6) is -5.45. The van der Waals surface area contributed by atoms with Gasteiger partial charge in [0.2, 0.25) is 0 Å². The lowest BCUT2D eigenvalue weighted by atomic mass is 9.98. The Kier molecular flexibility index (Phi) is 5.34. The summed E-state index contributed by atoms with van der Waals surface area (Å²) >= 11 is 0. The number of hydrogen-bond donors (Lipinski definition) is 5. The lowest BCUT2D eigenvalue weighted by molar-refractivity contribution is 0.0676. The highest BCUT2D eigenvalue weighted by atomic mass is 16.4. The summed E-state index contributed by atoms with van der Waals surface area (Å²) in [5, 5.41) is 37.0. The van der Waals surface area contributed by atoms with Crippen LogP contribution in [0.4, 0.5) is 5.69 Å². The SMILES string of the molecule is Nc1c(-c2cc(C(=O)O)cc(C(=O)O)c2)ncnc1-c1cc(C(=O)O)cc(C(=O)O)c1. The number of rotatable bonds is 6. The minimum Gasteiger partial charge on any atom is -0.478 e. The van der Waals surface area contributed by atoms with Gasteiger partial charge in [0.25, 0.3) is 0 Å². The molecule has 0 bridgehead atoms. The van der Waals surface area contributed by atoms with Crippen LogP contribution in [0.2, 0.25) is 0 Å². The van der Waals surface area contributed by atoms with Gasteiger partial charge in [-0.2, -0.15) is 0 Å². The monoisotopic (exact) mass is 423 g/mol. The quantitative estimate of drug-likeness (QED) is 0.389. The van der Waals surface area contributed by atoms with Gasteiger partial charge >= 0.3 is 23.9 Å². The van der Waals surface area contributed by atoms with E-state index in [-0.39, 0.29) is 50.5 Å². The first-order chi connectivity index (χ1) is 14.6. The number of aromatic carboxylic acids is 4. The Balaban J connectivity index is 2.25. The Labute approximate surface area is 173 Å². The van der Waals surface area contributed by atoms with Crippen molar-refractivity contribution in [2.45, 2.75) is 0 Å². The number of benzene rings is 2. The van der Waals surface area contributed by atoms with Gasteiger partial charge in [-0.25, -0.2) is 29.1 Å². The molecule has 0 atom stereocenters. The molecule has 0 aliphatic carbocycles. The third kappa shape index (κ3) is 4.15. The lowest BCUT2D eigenvalue weighted by Crippen LogP contribution is -2.06. The molecular weight excluding hydrogens is 410 g/mol. The van der Waals surface area contributed by atoms with E-state index in [1.807, 2.05) is 0 Å². The molecule has 0 aliphatic heterocycles. The number of carboxylic acids is 4. The second kappa shape index (κ2) is 7.91. The highest BCUT2D eigenvalue weighted by Gasteiger charge is 2.19. The summed E-state index contributed by atoms with van der Waals surface area (Å²) in [7, 11) is 0. The number of nitrogen functional groups attached to an aromatic ring is 1. The topological polar surface area (TPSA) is 201 Å². The van der Waals surface area contributed by atoms with E-state index in [0.29, 0.717) is 0 Å². The molecule has 0 radical (unpaired) electrons. The normalized spacial score (nSPS) is 10.5. The van der Waals surface area contributed by atoms with Gasteiger partial charge in [0, 0.05) is 11.1 Å². The van der Waals surface area contributed by atoms with Crippen LogP contribution in [0, 0.1) is 0 Å². The van der Waals surface area contributed by atoms with Crippen molar-refractivity contribution in [3.05, 3.63) is 65.0 Å². The number of carbonyl (C=O) groups is 4. The largest absolute Gasteiger partial charge is 0.478 e. The zero-order valence-corrected chi connectivity index (χ0v) is 15.4. The van der Waals surface area contributed by atoms with Crippen LogP contribution in [0.15, 0.2) is 42.7 Å². The molecule has 31 heavy (non-hydrogen) atoms. The minimum atomic E-state index is -1.36. The first-order valence-corrected chi connectivity index (χ1v) is 8.43. The van der Waals surface area contributed by atoms with Crippen LogP contribution in [-0.4, -0.2) is 54.3 Å². The number of hydrogen-bond acceptors (Lipinski definition) is 7. The zero-order chi connectivity index (χ0) is 22.9. The van der Waals surface area contributed by atoms with Crippen molar-refractivity contribution < 1.29 is 39.6 Å². The Morgan fingerprint density at radius 2 is 0.871 bits per heavy atom. The van der Waals surface area contributed by atoms with Gasteiger partial charge in [0.1, 0.15) is 6.33 Å². The van der Waals surface area contributed by atoms with Crippen LogP contribution in [0.5, 0.6) is 0 Å². The molecule has 6 N–H and O–H groups in total. The molecule has 0 fully saturated rings. The summed E-state index contributed by atoms with van der Waals surface area (Å²) < 4.78 is 0. The van der Waals surface area contributed by atoms with Crippen LogP contribution in [0.3, 0.4) is 0 Å². The predicted octanol–water partition coefficient (Wildman–Crippen LogP) is 2.19. The average molecular weight is 423 g/mol.